The molecule has 1 heterocycles. The molecule has 1 atom stereocenters. The number of hydrogen-bond donors (Lipinski definition) is 1. The average molecular weight is 302 g/mol. The summed E-state index contributed by atoms with van der Waals surface area (Å²) in [6, 6.07) is 4.32. The van der Waals surface area contributed by atoms with E-state index in [9.17, 15) is 17.6 Å². The zero-order valence-corrected chi connectivity index (χ0v) is 12.0. The Morgan fingerprint density at radius 1 is 1.29 bits per heavy atom. The van der Waals surface area contributed by atoms with E-state index in [0.29, 0.717) is 0 Å². The molecule has 0 bridgehead atoms. The molecular formula is C15H18F4N2. The molecule has 0 aromatic heterocycles. The number of alkyl halides is 3. The second kappa shape index (κ2) is 6.05. The lowest BCUT2D eigenvalue weighted by Crippen LogP contribution is -2.33. The van der Waals surface area contributed by atoms with E-state index in [1.54, 1.807) is 13.1 Å². The van der Waals surface area contributed by atoms with Crippen LogP contribution in [0.5, 0.6) is 0 Å². The van der Waals surface area contributed by atoms with Crippen molar-refractivity contribution >= 4 is 5.69 Å². The van der Waals surface area contributed by atoms with Crippen LogP contribution < -0.4 is 10.2 Å². The number of rotatable bonds is 3. The zero-order chi connectivity index (χ0) is 15.6. The van der Waals surface area contributed by atoms with Crippen LogP contribution in [-0.2, 0) is 0 Å². The molecule has 1 N–H and O–H groups in total. The van der Waals surface area contributed by atoms with E-state index in [4.69, 9.17) is 0 Å². The van der Waals surface area contributed by atoms with Gasteiger partial charge in [-0.1, -0.05) is 6.08 Å². The second-order valence-electron chi connectivity index (χ2n) is 5.14. The normalized spacial score (nSPS) is 17.6. The maximum atomic E-state index is 13.4. The van der Waals surface area contributed by atoms with E-state index in [0.717, 1.165) is 11.3 Å². The molecule has 1 unspecified atom stereocenters. The number of nitrogens with zero attached hydrogens (tertiary/aromatic N) is 1. The first-order valence-corrected chi connectivity index (χ1v) is 6.81. The highest BCUT2D eigenvalue weighted by Crippen LogP contribution is 2.33. The van der Waals surface area contributed by atoms with Crippen LogP contribution in [0, 0.1) is 5.82 Å². The molecule has 0 radical (unpaired) electrons. The first kappa shape index (κ1) is 15.8. The minimum atomic E-state index is -4.25. The smallest absolute Gasteiger partial charge is 0.367 e. The van der Waals surface area contributed by atoms with Gasteiger partial charge in [0, 0.05) is 30.4 Å². The molecule has 0 amide bonds. The molecule has 0 spiro atoms. The Kier molecular flexibility index (Phi) is 4.56. The zero-order valence-electron chi connectivity index (χ0n) is 12.0. The van der Waals surface area contributed by atoms with Gasteiger partial charge in [-0.05, 0) is 44.2 Å². The maximum absolute atomic E-state index is 13.4. The van der Waals surface area contributed by atoms with Crippen LogP contribution in [0.2, 0.25) is 0 Å². The van der Waals surface area contributed by atoms with Gasteiger partial charge >= 0.3 is 6.18 Å². The van der Waals surface area contributed by atoms with Crippen molar-refractivity contribution < 1.29 is 17.6 Å². The topological polar surface area (TPSA) is 15.3 Å². The number of hydrogen-bond acceptors (Lipinski definition) is 2. The highest BCUT2D eigenvalue weighted by Gasteiger charge is 2.35. The summed E-state index contributed by atoms with van der Waals surface area (Å²) in [5.74, 6) is -0.348. The quantitative estimate of drug-likeness (QED) is 0.675. The summed E-state index contributed by atoms with van der Waals surface area (Å²) in [5, 5.41) is 3.03. The molecule has 21 heavy (non-hydrogen) atoms. The SMILES string of the molecule is CNC(C)c1cc(F)ccc1N1CC=C(C(F)(F)F)CC1. The molecular weight excluding hydrogens is 284 g/mol. The van der Waals surface area contributed by atoms with Crippen LogP contribution in [-0.4, -0.2) is 26.3 Å². The van der Waals surface area contributed by atoms with Crippen molar-refractivity contribution in [3.63, 3.8) is 0 Å². The van der Waals surface area contributed by atoms with Gasteiger partial charge in [-0.15, -0.1) is 0 Å². The summed E-state index contributed by atoms with van der Waals surface area (Å²) >= 11 is 0. The molecule has 0 fully saturated rings. The monoisotopic (exact) mass is 302 g/mol. The fourth-order valence-electron chi connectivity index (χ4n) is 2.46. The summed E-state index contributed by atoms with van der Waals surface area (Å²) in [6.45, 7) is 2.35. The van der Waals surface area contributed by atoms with Gasteiger partial charge < -0.3 is 10.2 Å². The van der Waals surface area contributed by atoms with Crippen molar-refractivity contribution in [3.8, 4) is 0 Å². The average Bonchev–Trinajstić information content (AvgIpc) is 2.45. The van der Waals surface area contributed by atoms with E-state index in [1.165, 1.54) is 18.2 Å². The van der Waals surface area contributed by atoms with Crippen molar-refractivity contribution in [2.45, 2.75) is 25.6 Å². The van der Waals surface area contributed by atoms with Crippen molar-refractivity contribution in [2.75, 3.05) is 25.0 Å². The Bertz CT molecular complexity index is 537. The molecule has 6 heteroatoms. The second-order valence-corrected chi connectivity index (χ2v) is 5.14. The van der Waals surface area contributed by atoms with Gasteiger partial charge in [0.1, 0.15) is 5.82 Å². The number of anilines is 1. The van der Waals surface area contributed by atoms with Crippen LogP contribution in [0.25, 0.3) is 0 Å². The lowest BCUT2D eigenvalue weighted by molar-refractivity contribution is -0.0943. The minimum Gasteiger partial charge on any atom is -0.367 e. The molecule has 1 aromatic rings. The van der Waals surface area contributed by atoms with Gasteiger partial charge in [0.05, 0.1) is 0 Å². The minimum absolute atomic E-state index is 0.0474. The summed E-state index contributed by atoms with van der Waals surface area (Å²) in [4.78, 5) is 1.85. The third-order valence-corrected chi connectivity index (χ3v) is 3.80. The summed E-state index contributed by atoms with van der Waals surface area (Å²) in [5.41, 5.74) is 1.04. The van der Waals surface area contributed by atoms with E-state index >= 15 is 0 Å². The maximum Gasteiger partial charge on any atom is 0.412 e. The van der Waals surface area contributed by atoms with Crippen LogP contribution in [0.1, 0.15) is 24.9 Å². The molecule has 116 valence electrons. The standard InChI is InChI=1S/C15H18F4N2/c1-10(20-2)13-9-12(16)3-4-14(13)21-7-5-11(6-8-21)15(17,18)19/h3-5,9-10,20H,6-8H2,1-2H3. The number of halogens is 4. The Morgan fingerprint density at radius 3 is 2.52 bits per heavy atom. The number of benzene rings is 1. The molecule has 2 rings (SSSR count). The predicted octanol–water partition coefficient (Wildman–Crippen LogP) is 3.80. The highest BCUT2D eigenvalue weighted by molar-refractivity contribution is 5.56. The van der Waals surface area contributed by atoms with Gasteiger partial charge in [0.15, 0.2) is 0 Å². The van der Waals surface area contributed by atoms with Gasteiger partial charge in [-0.25, -0.2) is 4.39 Å². The van der Waals surface area contributed by atoms with E-state index < -0.39 is 11.7 Å². The molecule has 0 saturated carbocycles. The van der Waals surface area contributed by atoms with Crippen molar-refractivity contribution in [2.24, 2.45) is 0 Å². The van der Waals surface area contributed by atoms with E-state index in [2.05, 4.69) is 5.32 Å². The van der Waals surface area contributed by atoms with Crippen LogP contribution in [0.15, 0.2) is 29.8 Å². The lowest BCUT2D eigenvalue weighted by Gasteiger charge is -2.32. The first-order valence-electron chi connectivity index (χ1n) is 6.81. The molecule has 1 aliphatic rings. The molecule has 1 aliphatic heterocycles. The van der Waals surface area contributed by atoms with E-state index in [-0.39, 0.29) is 31.4 Å². The van der Waals surface area contributed by atoms with Crippen LogP contribution in [0.4, 0.5) is 23.2 Å². The third-order valence-electron chi connectivity index (χ3n) is 3.80. The van der Waals surface area contributed by atoms with Crippen molar-refractivity contribution in [1.29, 1.82) is 0 Å². The van der Waals surface area contributed by atoms with Gasteiger partial charge in [0.25, 0.3) is 0 Å². The Hall–Kier alpha value is -1.56. The largest absolute Gasteiger partial charge is 0.412 e. The van der Waals surface area contributed by atoms with Gasteiger partial charge in [0.2, 0.25) is 0 Å². The van der Waals surface area contributed by atoms with E-state index in [1.807, 2.05) is 11.8 Å². The first-order chi connectivity index (χ1) is 9.82. The Morgan fingerprint density at radius 2 is 2.00 bits per heavy atom. The summed E-state index contributed by atoms with van der Waals surface area (Å²) in [7, 11) is 1.76. The van der Waals surface area contributed by atoms with Crippen molar-refractivity contribution in [1.82, 2.24) is 5.32 Å². The molecule has 1 aromatic carbocycles. The molecule has 0 aliphatic carbocycles. The summed E-state index contributed by atoms with van der Waals surface area (Å²) < 4.78 is 51.3. The Balaban J connectivity index is 2.26. The fourth-order valence-corrected chi connectivity index (χ4v) is 2.46. The summed E-state index contributed by atoms with van der Waals surface area (Å²) in [6.07, 6.45) is -3.09. The predicted molar refractivity (Wildman–Crippen MR) is 74.8 cm³/mol. The van der Waals surface area contributed by atoms with Gasteiger partial charge in [-0.3, -0.25) is 0 Å². The number of nitrogens with one attached hydrogen (secondary N) is 1. The van der Waals surface area contributed by atoms with Crippen LogP contribution in [0.3, 0.4) is 0 Å². The highest BCUT2D eigenvalue weighted by atomic mass is 19.4. The third kappa shape index (κ3) is 3.56. The molecule has 2 nitrogen and oxygen atoms in total. The van der Waals surface area contributed by atoms with Crippen LogP contribution >= 0.6 is 0 Å². The van der Waals surface area contributed by atoms with Gasteiger partial charge in [-0.2, -0.15) is 13.2 Å². The lowest BCUT2D eigenvalue weighted by atomic mass is 10.0. The molecule has 0 saturated heterocycles. The fraction of sp³-hybridized carbons (Fsp3) is 0.467. The van der Waals surface area contributed by atoms with Crippen molar-refractivity contribution in [3.05, 3.63) is 41.2 Å². The Labute approximate surface area is 121 Å².